The van der Waals surface area contributed by atoms with Gasteiger partial charge in [-0.3, -0.25) is 0 Å². The lowest BCUT2D eigenvalue weighted by Gasteiger charge is -2.17. The minimum Gasteiger partial charge on any atom is -0.478 e. The van der Waals surface area contributed by atoms with Crippen LogP contribution in [0.15, 0.2) is 78.9 Å². The first-order valence-corrected chi connectivity index (χ1v) is 10.6. The van der Waals surface area contributed by atoms with E-state index in [0.29, 0.717) is 12.1 Å². The number of carboxylic acid groups (broad SMARTS) is 1. The third-order valence-corrected chi connectivity index (χ3v) is 5.90. The number of aryl methyl sites for hydroxylation is 1. The van der Waals surface area contributed by atoms with Crippen LogP contribution < -0.4 is 5.32 Å². The summed E-state index contributed by atoms with van der Waals surface area (Å²) in [6.45, 7) is 4.62. The van der Waals surface area contributed by atoms with Crippen LogP contribution in [0.2, 0.25) is 5.02 Å². The smallest absolute Gasteiger partial charge is 0.335 e. The van der Waals surface area contributed by atoms with Gasteiger partial charge in [0.1, 0.15) is 0 Å². The predicted molar refractivity (Wildman–Crippen MR) is 128 cm³/mol. The Morgan fingerprint density at radius 1 is 1.00 bits per heavy atom. The van der Waals surface area contributed by atoms with Crippen LogP contribution in [0.25, 0.3) is 21.9 Å². The van der Waals surface area contributed by atoms with E-state index in [2.05, 4.69) is 42.6 Å². The Morgan fingerprint density at radius 3 is 2.58 bits per heavy atom. The van der Waals surface area contributed by atoms with Gasteiger partial charge in [0.05, 0.1) is 5.56 Å². The summed E-state index contributed by atoms with van der Waals surface area (Å²) in [5.74, 6) is -0.906. The first-order valence-electron chi connectivity index (χ1n) is 10.3. The average molecular weight is 430 g/mol. The molecule has 0 saturated heterocycles. The minimum atomic E-state index is -0.906. The average Bonchev–Trinajstić information content (AvgIpc) is 2.77. The van der Waals surface area contributed by atoms with Crippen LogP contribution in [0.3, 0.4) is 0 Å². The third-order valence-electron chi connectivity index (χ3n) is 5.66. The van der Waals surface area contributed by atoms with Crippen molar-refractivity contribution in [2.24, 2.45) is 0 Å². The topological polar surface area (TPSA) is 49.3 Å². The van der Waals surface area contributed by atoms with E-state index in [0.717, 1.165) is 43.6 Å². The van der Waals surface area contributed by atoms with E-state index >= 15 is 0 Å². The lowest BCUT2D eigenvalue weighted by molar-refractivity contribution is 0.0696. The summed E-state index contributed by atoms with van der Waals surface area (Å²) in [4.78, 5) is 11.7. The van der Waals surface area contributed by atoms with Crippen molar-refractivity contribution in [2.75, 3.05) is 0 Å². The summed E-state index contributed by atoms with van der Waals surface area (Å²) < 4.78 is 0. The number of hydrogen-bond acceptors (Lipinski definition) is 2. The van der Waals surface area contributed by atoms with E-state index in [9.17, 15) is 9.90 Å². The number of carboxylic acids is 1. The van der Waals surface area contributed by atoms with Crippen LogP contribution in [0.5, 0.6) is 0 Å². The van der Waals surface area contributed by atoms with Crippen molar-refractivity contribution in [3.8, 4) is 11.1 Å². The van der Waals surface area contributed by atoms with Crippen molar-refractivity contribution >= 4 is 28.3 Å². The van der Waals surface area contributed by atoms with Crippen LogP contribution in [-0.2, 0) is 6.54 Å². The number of nitrogens with one attached hydrogen (secondary N) is 1. The number of rotatable bonds is 6. The molecule has 4 rings (SSSR count). The Hall–Kier alpha value is -3.14. The summed E-state index contributed by atoms with van der Waals surface area (Å²) in [6, 6.07) is 26.2. The number of carbonyl (C=O) groups is 1. The standard InChI is InChI=1S/C27H24ClNO2/c1-17-10-11-22(15-25(17)27(30)31)26-13-19(12-21-6-3-4-9-24(21)26)16-29-18(2)20-7-5-8-23(28)14-20/h3-15,18,29H,16H2,1-2H3,(H,30,31)/t18-/m1/s1. The van der Waals surface area contributed by atoms with Gasteiger partial charge in [-0.05, 0) is 82.8 Å². The van der Waals surface area contributed by atoms with E-state index in [4.69, 9.17) is 11.6 Å². The van der Waals surface area contributed by atoms with Crippen LogP contribution in [0, 0.1) is 6.92 Å². The van der Waals surface area contributed by atoms with E-state index in [1.165, 1.54) is 0 Å². The highest BCUT2D eigenvalue weighted by Gasteiger charge is 2.13. The monoisotopic (exact) mass is 429 g/mol. The van der Waals surface area contributed by atoms with Gasteiger partial charge < -0.3 is 10.4 Å². The molecule has 4 heteroatoms. The Kier molecular flexibility index (Phi) is 6.08. The molecule has 0 aliphatic rings. The number of halogens is 1. The molecule has 31 heavy (non-hydrogen) atoms. The maximum absolute atomic E-state index is 11.7. The van der Waals surface area contributed by atoms with Crippen molar-refractivity contribution in [3.63, 3.8) is 0 Å². The van der Waals surface area contributed by atoms with Crippen molar-refractivity contribution < 1.29 is 9.90 Å². The molecule has 0 fully saturated rings. The molecular formula is C27H24ClNO2. The highest BCUT2D eigenvalue weighted by Crippen LogP contribution is 2.32. The Labute approximate surface area is 187 Å². The molecule has 1 atom stereocenters. The van der Waals surface area contributed by atoms with Crippen LogP contribution in [0.1, 0.15) is 40.0 Å². The highest BCUT2D eigenvalue weighted by atomic mass is 35.5. The van der Waals surface area contributed by atoms with Crippen molar-refractivity contribution in [1.29, 1.82) is 0 Å². The number of hydrogen-bond donors (Lipinski definition) is 2. The fourth-order valence-electron chi connectivity index (χ4n) is 3.90. The molecular weight excluding hydrogens is 406 g/mol. The molecule has 0 aromatic heterocycles. The molecule has 4 aromatic rings. The van der Waals surface area contributed by atoms with Gasteiger partial charge in [0.25, 0.3) is 0 Å². The molecule has 0 unspecified atom stereocenters. The summed E-state index contributed by atoms with van der Waals surface area (Å²) in [7, 11) is 0. The van der Waals surface area contributed by atoms with Gasteiger partial charge in [0, 0.05) is 17.6 Å². The normalized spacial score (nSPS) is 12.1. The van der Waals surface area contributed by atoms with Crippen molar-refractivity contribution in [3.05, 3.63) is 106 Å². The summed E-state index contributed by atoms with van der Waals surface area (Å²) in [6.07, 6.45) is 0. The van der Waals surface area contributed by atoms with Gasteiger partial charge in [-0.25, -0.2) is 4.79 Å². The highest BCUT2D eigenvalue weighted by molar-refractivity contribution is 6.30. The molecule has 0 aliphatic heterocycles. The second-order valence-electron chi connectivity index (χ2n) is 7.86. The van der Waals surface area contributed by atoms with Gasteiger partial charge in [-0.15, -0.1) is 0 Å². The van der Waals surface area contributed by atoms with Crippen LogP contribution in [0.4, 0.5) is 0 Å². The summed E-state index contributed by atoms with van der Waals surface area (Å²) >= 11 is 6.14. The van der Waals surface area contributed by atoms with Crippen molar-refractivity contribution in [1.82, 2.24) is 5.32 Å². The van der Waals surface area contributed by atoms with Gasteiger partial charge in [-0.2, -0.15) is 0 Å². The number of aromatic carboxylic acids is 1. The lowest BCUT2D eigenvalue weighted by Crippen LogP contribution is -2.18. The van der Waals surface area contributed by atoms with Crippen LogP contribution >= 0.6 is 11.6 Å². The SMILES string of the molecule is Cc1ccc(-c2cc(CN[C@H](C)c3cccc(Cl)c3)cc3ccccc23)cc1C(=O)O. The molecule has 4 aromatic carbocycles. The third kappa shape index (κ3) is 4.63. The van der Waals surface area contributed by atoms with Gasteiger partial charge in [-0.1, -0.05) is 60.1 Å². The van der Waals surface area contributed by atoms with E-state index in [1.54, 1.807) is 6.07 Å². The second-order valence-corrected chi connectivity index (χ2v) is 8.29. The summed E-state index contributed by atoms with van der Waals surface area (Å²) in [5, 5.41) is 16.1. The van der Waals surface area contributed by atoms with Gasteiger partial charge >= 0.3 is 5.97 Å². The van der Waals surface area contributed by atoms with Crippen molar-refractivity contribution in [2.45, 2.75) is 26.4 Å². The maximum Gasteiger partial charge on any atom is 0.335 e. The quantitative estimate of drug-likeness (QED) is 0.346. The van der Waals surface area contributed by atoms with Gasteiger partial charge in [0.2, 0.25) is 0 Å². The van der Waals surface area contributed by atoms with Crippen LogP contribution in [-0.4, -0.2) is 11.1 Å². The van der Waals surface area contributed by atoms with E-state index in [-0.39, 0.29) is 6.04 Å². The molecule has 0 radical (unpaired) electrons. The first kappa shape index (κ1) is 21.1. The Balaban J connectivity index is 1.70. The predicted octanol–water partition coefficient (Wildman–Crippen LogP) is 7.02. The lowest BCUT2D eigenvalue weighted by atomic mass is 9.93. The molecule has 0 bridgehead atoms. The molecule has 0 saturated carbocycles. The Bertz CT molecular complexity index is 1270. The molecule has 2 N–H and O–H groups in total. The zero-order valence-electron chi connectivity index (χ0n) is 17.5. The molecule has 0 spiro atoms. The van der Waals surface area contributed by atoms with Gasteiger partial charge in [0.15, 0.2) is 0 Å². The molecule has 0 heterocycles. The fraction of sp³-hybridized carbons (Fsp3) is 0.148. The van der Waals surface area contributed by atoms with E-state index in [1.807, 2.05) is 49.4 Å². The minimum absolute atomic E-state index is 0.145. The Morgan fingerprint density at radius 2 is 1.81 bits per heavy atom. The molecule has 0 aliphatic carbocycles. The fourth-order valence-corrected chi connectivity index (χ4v) is 4.10. The second kappa shape index (κ2) is 8.93. The molecule has 3 nitrogen and oxygen atoms in total. The largest absolute Gasteiger partial charge is 0.478 e. The zero-order valence-corrected chi connectivity index (χ0v) is 18.3. The zero-order chi connectivity index (χ0) is 22.0. The first-order chi connectivity index (χ1) is 14.9. The molecule has 156 valence electrons. The van der Waals surface area contributed by atoms with E-state index < -0.39 is 5.97 Å². The number of fused-ring (bicyclic) bond motifs is 1. The molecule has 0 amide bonds. The number of benzene rings is 4. The maximum atomic E-state index is 11.7. The summed E-state index contributed by atoms with van der Waals surface area (Å²) in [5.41, 5.74) is 5.31.